The van der Waals surface area contributed by atoms with Crippen molar-refractivity contribution >= 4 is 11.0 Å². The number of benzene rings is 2. The topological polar surface area (TPSA) is 297 Å². The van der Waals surface area contributed by atoms with E-state index < -0.39 is 84.9 Å². The van der Waals surface area contributed by atoms with Gasteiger partial charge in [-0.1, -0.05) is 0 Å². The number of rotatable bonds is 15. The molecule has 0 aliphatic carbocycles. The van der Waals surface area contributed by atoms with Gasteiger partial charge in [0.25, 0.3) is 0 Å². The second-order valence-corrected chi connectivity index (χ2v) is 11.9. The third-order valence-corrected chi connectivity index (χ3v) is 8.31. The molecule has 0 saturated carbocycles. The van der Waals surface area contributed by atoms with E-state index in [1.165, 1.54) is 31.2 Å². The Morgan fingerprint density at radius 2 is 1.35 bits per heavy atom. The molecule has 10 N–H and O–H groups in total. The van der Waals surface area contributed by atoms with Gasteiger partial charge in [-0.25, -0.2) is 0 Å². The third-order valence-electron chi connectivity index (χ3n) is 8.31. The number of phenols is 1. The first-order valence-electron chi connectivity index (χ1n) is 16.3. The van der Waals surface area contributed by atoms with Crippen LogP contribution in [0.2, 0.25) is 0 Å². The average molecular weight is 743 g/mol. The fourth-order valence-corrected chi connectivity index (χ4v) is 5.60. The molecule has 2 saturated heterocycles. The SMILES string of the molecule is CC1O[C@H](OCC2O[C@H](Oc3c(-c4ccc(OCCO)c(OCCO)c4)oc4cc(OCCO)cc(O)c4c3=O)[C@H](O)C(O)[C@H]2O)[C@H](O)C(O)[C@@H]1O. The van der Waals surface area contributed by atoms with Crippen LogP contribution in [0.15, 0.2) is 39.5 Å². The van der Waals surface area contributed by atoms with Gasteiger partial charge in [0.15, 0.2) is 23.5 Å². The van der Waals surface area contributed by atoms with Crippen LogP contribution in [0.3, 0.4) is 0 Å². The van der Waals surface area contributed by atoms with Gasteiger partial charge in [0.2, 0.25) is 17.5 Å². The van der Waals surface area contributed by atoms with E-state index in [4.69, 9.17) is 37.6 Å². The number of fused-ring (bicyclic) bond motifs is 1. The molecular weight excluding hydrogens is 700 g/mol. The zero-order valence-corrected chi connectivity index (χ0v) is 27.8. The van der Waals surface area contributed by atoms with E-state index in [2.05, 4.69) is 0 Å². The Bertz CT molecular complexity index is 1700. The molecular formula is C33H42O19. The maximum Gasteiger partial charge on any atom is 0.239 e. The summed E-state index contributed by atoms with van der Waals surface area (Å²) in [6, 6.07) is 6.59. The Morgan fingerprint density at radius 1 is 0.712 bits per heavy atom. The first-order valence-corrected chi connectivity index (χ1v) is 16.3. The van der Waals surface area contributed by atoms with Gasteiger partial charge in [0.1, 0.15) is 85.0 Å². The van der Waals surface area contributed by atoms with E-state index >= 15 is 0 Å². The summed E-state index contributed by atoms with van der Waals surface area (Å²) >= 11 is 0. The maximum atomic E-state index is 14.1. The summed E-state index contributed by atoms with van der Waals surface area (Å²) in [6.45, 7) is -0.648. The number of hydrogen-bond donors (Lipinski definition) is 10. The lowest BCUT2D eigenvalue weighted by Gasteiger charge is -2.42. The Labute approximate surface area is 294 Å². The van der Waals surface area contributed by atoms with Gasteiger partial charge in [0.05, 0.1) is 32.5 Å². The summed E-state index contributed by atoms with van der Waals surface area (Å²) < 4.78 is 45.1. The number of aliphatic hydroxyl groups is 9. The molecule has 19 nitrogen and oxygen atoms in total. The largest absolute Gasteiger partial charge is 0.507 e. The van der Waals surface area contributed by atoms with Crippen molar-refractivity contribution < 1.29 is 88.6 Å². The van der Waals surface area contributed by atoms with Gasteiger partial charge in [-0.2, -0.15) is 0 Å². The number of aromatic hydroxyl groups is 1. The molecule has 0 bridgehead atoms. The van der Waals surface area contributed by atoms with Crippen LogP contribution in [0.5, 0.6) is 28.7 Å². The lowest BCUT2D eigenvalue weighted by molar-refractivity contribution is -0.318. The number of aliphatic hydroxyl groups excluding tert-OH is 9. The molecule has 4 unspecified atom stereocenters. The first-order chi connectivity index (χ1) is 24.9. The lowest BCUT2D eigenvalue weighted by atomic mass is 9.98. The summed E-state index contributed by atoms with van der Waals surface area (Å²) in [5.41, 5.74) is -1.08. The van der Waals surface area contributed by atoms with E-state index in [1.54, 1.807) is 0 Å². The average Bonchev–Trinajstić information content (AvgIpc) is 3.13. The minimum atomic E-state index is -1.98. The van der Waals surface area contributed by atoms with E-state index in [0.29, 0.717) is 0 Å². The van der Waals surface area contributed by atoms with Crippen molar-refractivity contribution in [3.63, 3.8) is 0 Å². The Kier molecular flexibility index (Phi) is 13.1. The van der Waals surface area contributed by atoms with Crippen molar-refractivity contribution in [3.05, 3.63) is 40.6 Å². The van der Waals surface area contributed by atoms with Gasteiger partial charge in [-0.15, -0.1) is 0 Å². The van der Waals surface area contributed by atoms with Crippen molar-refractivity contribution in [1.82, 2.24) is 0 Å². The molecule has 5 rings (SSSR count). The predicted octanol–water partition coefficient (Wildman–Crippen LogP) is -2.69. The molecule has 3 heterocycles. The number of hydrogen-bond acceptors (Lipinski definition) is 19. The summed E-state index contributed by atoms with van der Waals surface area (Å²) in [4.78, 5) is 14.1. The molecule has 2 aliphatic rings. The zero-order valence-electron chi connectivity index (χ0n) is 27.8. The van der Waals surface area contributed by atoms with Gasteiger partial charge in [0, 0.05) is 17.7 Å². The highest BCUT2D eigenvalue weighted by Gasteiger charge is 2.48. The molecule has 1 aromatic heterocycles. The van der Waals surface area contributed by atoms with E-state index in [0.717, 1.165) is 6.07 Å². The maximum absolute atomic E-state index is 14.1. The van der Waals surface area contributed by atoms with Gasteiger partial charge in [-0.05, 0) is 25.1 Å². The van der Waals surface area contributed by atoms with Crippen molar-refractivity contribution in [2.45, 2.75) is 68.3 Å². The second kappa shape index (κ2) is 17.3. The summed E-state index contributed by atoms with van der Waals surface area (Å²) in [7, 11) is 0. The molecule has 2 aromatic carbocycles. The summed E-state index contributed by atoms with van der Waals surface area (Å²) in [5.74, 6) is -1.31. The van der Waals surface area contributed by atoms with Crippen LogP contribution in [-0.2, 0) is 14.2 Å². The third kappa shape index (κ3) is 8.36. The number of phenolic OH excluding ortho intramolecular Hbond substituents is 1. The fraction of sp³-hybridized carbons (Fsp3) is 0.545. The van der Waals surface area contributed by atoms with Gasteiger partial charge < -0.3 is 88.6 Å². The Hall–Kier alpha value is -3.83. The zero-order chi connectivity index (χ0) is 37.7. The molecule has 52 heavy (non-hydrogen) atoms. The standard InChI is InChI=1S/C33H42O19/c1-14-23(38)26(41)28(43)32(49-14)48-13-21-24(39)27(42)29(44)33(51-21)52-31-25(40)22-17(37)11-16(45-7-4-34)12-20(22)50-30(31)15-2-3-18(46-8-5-35)19(10-15)47-9-6-36/h2-3,10-12,14,21,23-24,26-29,32-39,41-44H,4-9,13H2,1H3/t14?,21?,23-,24+,26?,27?,28-,29-,32+,33-/m1/s1. The molecule has 19 heteroatoms. The van der Waals surface area contributed by atoms with Crippen LogP contribution >= 0.6 is 0 Å². The first kappa shape index (κ1) is 39.4. The minimum Gasteiger partial charge on any atom is -0.507 e. The molecule has 2 fully saturated rings. The molecule has 2 aliphatic heterocycles. The lowest BCUT2D eigenvalue weighted by Crippen LogP contribution is -2.61. The van der Waals surface area contributed by atoms with Crippen LogP contribution < -0.4 is 24.4 Å². The van der Waals surface area contributed by atoms with E-state index in [-0.39, 0.29) is 79.2 Å². The highest BCUT2D eigenvalue weighted by atomic mass is 16.7. The highest BCUT2D eigenvalue weighted by Crippen LogP contribution is 2.40. The molecule has 3 aromatic rings. The minimum absolute atomic E-state index is 0.0380. The van der Waals surface area contributed by atoms with Crippen LogP contribution in [0.25, 0.3) is 22.3 Å². The van der Waals surface area contributed by atoms with Crippen molar-refractivity contribution in [2.75, 3.05) is 46.2 Å². The molecule has 288 valence electrons. The van der Waals surface area contributed by atoms with E-state index in [1.807, 2.05) is 0 Å². The van der Waals surface area contributed by atoms with Crippen molar-refractivity contribution in [1.29, 1.82) is 0 Å². The van der Waals surface area contributed by atoms with Gasteiger partial charge >= 0.3 is 0 Å². The fourth-order valence-electron chi connectivity index (χ4n) is 5.60. The van der Waals surface area contributed by atoms with Crippen LogP contribution in [0.1, 0.15) is 6.92 Å². The van der Waals surface area contributed by atoms with E-state index in [9.17, 15) is 55.9 Å². The smallest absolute Gasteiger partial charge is 0.239 e. The summed E-state index contributed by atoms with van der Waals surface area (Å²) in [5, 5.41) is 101. The quantitative estimate of drug-likeness (QED) is 0.0758. The predicted molar refractivity (Wildman–Crippen MR) is 173 cm³/mol. The van der Waals surface area contributed by atoms with Crippen molar-refractivity contribution in [3.8, 4) is 40.1 Å². The summed E-state index contributed by atoms with van der Waals surface area (Å²) in [6.07, 6.45) is -16.3. The van der Waals surface area contributed by atoms with Crippen LogP contribution in [0, 0.1) is 0 Å². The van der Waals surface area contributed by atoms with Crippen molar-refractivity contribution in [2.24, 2.45) is 0 Å². The van der Waals surface area contributed by atoms with Gasteiger partial charge in [-0.3, -0.25) is 4.79 Å². The molecule has 0 radical (unpaired) electrons. The van der Waals surface area contributed by atoms with Crippen LogP contribution in [0.4, 0.5) is 0 Å². The normalized spacial score (nSPS) is 29.2. The second-order valence-electron chi connectivity index (χ2n) is 11.9. The number of ether oxygens (including phenoxy) is 7. The molecule has 0 spiro atoms. The monoisotopic (exact) mass is 742 g/mol. The Morgan fingerprint density at radius 3 is 2.04 bits per heavy atom. The molecule has 0 amide bonds. The van der Waals surface area contributed by atoms with Crippen LogP contribution in [-0.4, -0.2) is 159 Å². The Balaban J connectivity index is 1.53. The highest BCUT2D eigenvalue weighted by molar-refractivity contribution is 5.88. The molecule has 10 atom stereocenters.